The smallest absolute Gasteiger partial charge is 0.0762 e. The zero-order chi connectivity index (χ0) is 13.4. The Labute approximate surface area is 112 Å². The minimum atomic E-state index is 0.555. The topological polar surface area (TPSA) is 29.9 Å². The molecule has 0 radical (unpaired) electrons. The van der Waals surface area contributed by atoms with Crippen LogP contribution in [0.3, 0.4) is 0 Å². The van der Waals surface area contributed by atoms with Gasteiger partial charge in [-0.2, -0.15) is 5.10 Å². The van der Waals surface area contributed by atoms with Crippen molar-refractivity contribution in [1.29, 1.82) is 0 Å². The molecule has 1 heterocycles. The van der Waals surface area contributed by atoms with Crippen LogP contribution in [0.1, 0.15) is 65.1 Å². The molecule has 0 aliphatic rings. The van der Waals surface area contributed by atoms with E-state index in [2.05, 4.69) is 55.1 Å². The lowest BCUT2D eigenvalue weighted by Crippen LogP contribution is -2.16. The van der Waals surface area contributed by atoms with E-state index in [4.69, 9.17) is 0 Å². The maximum Gasteiger partial charge on any atom is 0.0762 e. The zero-order valence-electron chi connectivity index (χ0n) is 12.4. The van der Waals surface area contributed by atoms with Crippen LogP contribution >= 0.6 is 0 Å². The average molecular weight is 251 g/mol. The molecule has 0 fully saturated rings. The van der Waals surface area contributed by atoms with Gasteiger partial charge < -0.3 is 5.32 Å². The third kappa shape index (κ3) is 5.21. The largest absolute Gasteiger partial charge is 0.311 e. The molecule has 1 N–H and O–H groups in total. The van der Waals surface area contributed by atoms with Gasteiger partial charge in [-0.25, -0.2) is 0 Å². The first-order valence-electron chi connectivity index (χ1n) is 7.42. The molecule has 0 spiro atoms. The first-order valence-corrected chi connectivity index (χ1v) is 7.42. The molecular weight excluding hydrogens is 222 g/mol. The molecule has 3 heteroatoms. The molecular formula is C15H29N3. The van der Waals surface area contributed by atoms with E-state index in [1.807, 2.05) is 0 Å². The predicted octanol–water partition coefficient (Wildman–Crippen LogP) is 3.77. The highest BCUT2D eigenvalue weighted by Gasteiger charge is 2.07. The lowest BCUT2D eigenvalue weighted by molar-refractivity contribution is 0.423. The average Bonchev–Trinajstić information content (AvgIpc) is 2.79. The summed E-state index contributed by atoms with van der Waals surface area (Å²) in [6.45, 7) is 11.0. The number of hydrogen-bond acceptors (Lipinski definition) is 2. The van der Waals surface area contributed by atoms with Crippen LogP contribution in [-0.4, -0.2) is 16.3 Å². The number of hydrogen-bond donors (Lipinski definition) is 1. The molecule has 1 aromatic rings. The van der Waals surface area contributed by atoms with Crippen molar-refractivity contribution >= 4 is 0 Å². The van der Waals surface area contributed by atoms with E-state index < -0.39 is 0 Å². The summed E-state index contributed by atoms with van der Waals surface area (Å²) in [5.41, 5.74) is 1.16. The van der Waals surface area contributed by atoms with Crippen molar-refractivity contribution in [2.75, 3.05) is 6.54 Å². The van der Waals surface area contributed by atoms with Gasteiger partial charge in [0.15, 0.2) is 0 Å². The highest BCUT2D eigenvalue weighted by Crippen LogP contribution is 2.14. The van der Waals surface area contributed by atoms with Gasteiger partial charge in [0, 0.05) is 12.7 Å². The Morgan fingerprint density at radius 3 is 2.61 bits per heavy atom. The Hall–Kier alpha value is -0.830. The zero-order valence-corrected chi connectivity index (χ0v) is 12.4. The van der Waals surface area contributed by atoms with Gasteiger partial charge in [-0.3, -0.25) is 4.68 Å². The van der Waals surface area contributed by atoms with Crippen molar-refractivity contribution in [3.8, 4) is 0 Å². The summed E-state index contributed by atoms with van der Waals surface area (Å²) in [7, 11) is 0. The highest BCUT2D eigenvalue weighted by molar-refractivity contribution is 4.99. The van der Waals surface area contributed by atoms with Gasteiger partial charge in [0.1, 0.15) is 0 Å². The van der Waals surface area contributed by atoms with Gasteiger partial charge in [0.05, 0.1) is 11.7 Å². The van der Waals surface area contributed by atoms with Crippen LogP contribution < -0.4 is 5.32 Å². The summed E-state index contributed by atoms with van der Waals surface area (Å²) in [6, 6.07) is 2.69. The van der Waals surface area contributed by atoms with Gasteiger partial charge in [-0.15, -0.1) is 0 Å². The van der Waals surface area contributed by atoms with E-state index in [1.54, 1.807) is 0 Å². The molecule has 18 heavy (non-hydrogen) atoms. The van der Waals surface area contributed by atoms with Crippen LogP contribution in [0.5, 0.6) is 0 Å². The molecule has 3 nitrogen and oxygen atoms in total. The fraction of sp³-hybridized carbons (Fsp3) is 0.800. The number of aromatic nitrogens is 2. The second kappa shape index (κ2) is 8.30. The molecule has 1 rings (SSSR count). The van der Waals surface area contributed by atoms with Crippen molar-refractivity contribution in [1.82, 2.24) is 15.1 Å². The van der Waals surface area contributed by atoms with E-state index in [-0.39, 0.29) is 0 Å². The molecule has 0 aliphatic heterocycles. The minimum Gasteiger partial charge on any atom is -0.311 e. The highest BCUT2D eigenvalue weighted by atomic mass is 15.3. The standard InChI is InChI=1S/C15H29N3/c1-5-15(6-2)18-11-9-14(17-18)12-16-10-7-8-13(3)4/h9,11,13,15-16H,5-8,10,12H2,1-4H3. The van der Waals surface area contributed by atoms with Crippen LogP contribution in [0.2, 0.25) is 0 Å². The van der Waals surface area contributed by atoms with Gasteiger partial charge in [0.25, 0.3) is 0 Å². The maximum absolute atomic E-state index is 4.64. The van der Waals surface area contributed by atoms with Gasteiger partial charge in [-0.1, -0.05) is 27.7 Å². The summed E-state index contributed by atoms with van der Waals surface area (Å²) >= 11 is 0. The summed E-state index contributed by atoms with van der Waals surface area (Å²) in [4.78, 5) is 0. The van der Waals surface area contributed by atoms with Crippen molar-refractivity contribution < 1.29 is 0 Å². The number of nitrogens with zero attached hydrogens (tertiary/aromatic N) is 2. The van der Waals surface area contributed by atoms with E-state index in [0.29, 0.717) is 6.04 Å². The monoisotopic (exact) mass is 251 g/mol. The molecule has 0 aliphatic carbocycles. The molecule has 0 saturated carbocycles. The van der Waals surface area contributed by atoms with Gasteiger partial charge in [-0.05, 0) is 44.2 Å². The molecule has 104 valence electrons. The van der Waals surface area contributed by atoms with Crippen LogP contribution in [-0.2, 0) is 6.54 Å². The summed E-state index contributed by atoms with van der Waals surface area (Å²) in [6.07, 6.45) is 6.97. The maximum atomic E-state index is 4.64. The molecule has 0 amide bonds. The van der Waals surface area contributed by atoms with Crippen molar-refractivity contribution in [3.63, 3.8) is 0 Å². The lowest BCUT2D eigenvalue weighted by Gasteiger charge is -2.12. The van der Waals surface area contributed by atoms with Crippen LogP contribution in [0.15, 0.2) is 12.3 Å². The summed E-state index contributed by atoms with van der Waals surface area (Å²) in [5.74, 6) is 0.806. The number of nitrogens with one attached hydrogen (secondary N) is 1. The Morgan fingerprint density at radius 1 is 1.28 bits per heavy atom. The third-order valence-electron chi connectivity index (χ3n) is 3.42. The second-order valence-electron chi connectivity index (χ2n) is 5.47. The normalized spacial score (nSPS) is 11.7. The van der Waals surface area contributed by atoms with E-state index in [0.717, 1.165) is 37.5 Å². The fourth-order valence-electron chi connectivity index (χ4n) is 2.19. The third-order valence-corrected chi connectivity index (χ3v) is 3.42. The van der Waals surface area contributed by atoms with Crippen LogP contribution in [0.4, 0.5) is 0 Å². The first kappa shape index (κ1) is 15.2. The molecule has 0 bridgehead atoms. The molecule has 0 unspecified atom stereocenters. The Morgan fingerprint density at radius 2 is 2.00 bits per heavy atom. The second-order valence-corrected chi connectivity index (χ2v) is 5.47. The van der Waals surface area contributed by atoms with E-state index >= 15 is 0 Å². The molecule has 0 saturated heterocycles. The van der Waals surface area contributed by atoms with Gasteiger partial charge in [0.2, 0.25) is 0 Å². The molecule has 0 atom stereocenters. The fourth-order valence-corrected chi connectivity index (χ4v) is 2.19. The Kier molecular flexibility index (Phi) is 7.02. The quantitative estimate of drug-likeness (QED) is 0.677. The minimum absolute atomic E-state index is 0.555. The Balaban J connectivity index is 2.27. The molecule has 0 aromatic carbocycles. The predicted molar refractivity (Wildman–Crippen MR) is 77.6 cm³/mol. The van der Waals surface area contributed by atoms with Crippen LogP contribution in [0.25, 0.3) is 0 Å². The summed E-state index contributed by atoms with van der Waals surface area (Å²) in [5, 5.41) is 8.11. The van der Waals surface area contributed by atoms with Gasteiger partial charge >= 0.3 is 0 Å². The van der Waals surface area contributed by atoms with Crippen molar-refractivity contribution in [2.24, 2.45) is 5.92 Å². The lowest BCUT2D eigenvalue weighted by atomic mass is 10.1. The van der Waals surface area contributed by atoms with Crippen LogP contribution in [0, 0.1) is 5.92 Å². The summed E-state index contributed by atoms with van der Waals surface area (Å²) < 4.78 is 2.12. The van der Waals surface area contributed by atoms with E-state index in [1.165, 1.54) is 12.8 Å². The number of rotatable bonds is 9. The van der Waals surface area contributed by atoms with Crippen molar-refractivity contribution in [3.05, 3.63) is 18.0 Å². The SMILES string of the molecule is CCC(CC)n1ccc(CNCCCC(C)C)n1. The van der Waals surface area contributed by atoms with Crippen molar-refractivity contribution in [2.45, 2.75) is 66.0 Å². The Bertz CT molecular complexity index is 313. The molecule has 1 aromatic heterocycles. The van der Waals surface area contributed by atoms with E-state index in [9.17, 15) is 0 Å². The first-order chi connectivity index (χ1) is 8.67.